The van der Waals surface area contributed by atoms with Crippen LogP contribution in [0.2, 0.25) is 0 Å². The minimum Gasteiger partial charge on any atom is -0.480 e. The molecule has 0 fully saturated rings. The Labute approximate surface area is 91.2 Å². The highest BCUT2D eigenvalue weighted by Crippen LogP contribution is 1.93. The lowest BCUT2D eigenvalue weighted by atomic mass is 10.2. The van der Waals surface area contributed by atoms with Crippen LogP contribution >= 0.6 is 0 Å². The second-order valence-corrected chi connectivity index (χ2v) is 3.78. The number of aliphatic carboxylic acids is 1. The maximum Gasteiger partial charge on any atom is 0.317 e. The normalized spacial score (nSPS) is 10.6. The lowest BCUT2D eigenvalue weighted by molar-refractivity contribution is -0.138. The van der Waals surface area contributed by atoms with Gasteiger partial charge in [0.15, 0.2) is 0 Å². The van der Waals surface area contributed by atoms with E-state index < -0.39 is 5.97 Å². The summed E-state index contributed by atoms with van der Waals surface area (Å²) < 4.78 is 5.35. The number of rotatable bonds is 8. The number of carboxylic acids is 1. The average Bonchev–Trinajstić information content (AvgIpc) is 2.11. The van der Waals surface area contributed by atoms with Crippen molar-refractivity contribution < 1.29 is 14.6 Å². The first kappa shape index (κ1) is 13.9. The lowest BCUT2D eigenvalue weighted by Crippen LogP contribution is -2.33. The molecule has 0 saturated heterocycles. The summed E-state index contributed by atoms with van der Waals surface area (Å²) in [6, 6.07) is 0. The van der Waals surface area contributed by atoms with Gasteiger partial charge in [-0.25, -0.2) is 0 Å². The quantitative estimate of drug-likeness (QED) is 0.476. The van der Waals surface area contributed by atoms with Crippen molar-refractivity contribution in [1.82, 2.24) is 4.90 Å². The van der Waals surface area contributed by atoms with E-state index in [2.05, 4.69) is 19.8 Å². The molecule has 0 saturated carbocycles. The van der Waals surface area contributed by atoms with Crippen molar-refractivity contribution in [2.45, 2.75) is 13.8 Å². The third-order valence-corrected chi connectivity index (χ3v) is 1.68. The zero-order valence-electron chi connectivity index (χ0n) is 9.40. The van der Waals surface area contributed by atoms with Gasteiger partial charge in [0.2, 0.25) is 0 Å². The van der Waals surface area contributed by atoms with Gasteiger partial charge >= 0.3 is 5.97 Å². The summed E-state index contributed by atoms with van der Waals surface area (Å²) in [5, 5.41) is 8.60. The van der Waals surface area contributed by atoms with E-state index in [0.717, 1.165) is 0 Å². The Morgan fingerprint density at radius 1 is 1.60 bits per heavy atom. The number of hydrogen-bond donors (Lipinski definition) is 1. The Morgan fingerprint density at radius 2 is 2.27 bits per heavy atom. The van der Waals surface area contributed by atoms with Crippen molar-refractivity contribution in [3.63, 3.8) is 0 Å². The predicted molar refractivity (Wildman–Crippen MR) is 58.6 cm³/mol. The van der Waals surface area contributed by atoms with E-state index in [-0.39, 0.29) is 6.54 Å². The fourth-order valence-corrected chi connectivity index (χ4v) is 1.05. The van der Waals surface area contributed by atoms with Crippen LogP contribution in [-0.2, 0) is 9.53 Å². The Hall–Kier alpha value is -1.05. The summed E-state index contributed by atoms with van der Waals surface area (Å²) in [6.45, 7) is 6.22. The monoisotopic (exact) mass is 213 g/mol. The summed E-state index contributed by atoms with van der Waals surface area (Å²) in [5.74, 6) is 2.05. The van der Waals surface area contributed by atoms with E-state index in [4.69, 9.17) is 16.3 Å². The molecule has 86 valence electrons. The van der Waals surface area contributed by atoms with Gasteiger partial charge in [0, 0.05) is 13.2 Å². The number of terminal acetylenes is 1. The maximum absolute atomic E-state index is 10.5. The number of carboxylic acid groups (broad SMARTS) is 1. The molecule has 0 aromatic carbocycles. The molecule has 0 unspecified atom stereocenters. The van der Waals surface area contributed by atoms with Crippen molar-refractivity contribution in [1.29, 1.82) is 0 Å². The largest absolute Gasteiger partial charge is 0.480 e. The molecule has 15 heavy (non-hydrogen) atoms. The molecule has 0 spiro atoms. The first-order valence-corrected chi connectivity index (χ1v) is 5.01. The molecular formula is C11H19NO3. The molecule has 0 radical (unpaired) electrons. The van der Waals surface area contributed by atoms with E-state index in [0.29, 0.717) is 32.2 Å². The molecule has 1 N–H and O–H groups in total. The summed E-state index contributed by atoms with van der Waals surface area (Å²) in [5.41, 5.74) is 0. The molecule has 0 amide bonds. The molecule has 0 aliphatic carbocycles. The Bertz CT molecular complexity index is 220. The van der Waals surface area contributed by atoms with E-state index in [1.54, 1.807) is 4.90 Å². The lowest BCUT2D eigenvalue weighted by Gasteiger charge is -2.17. The van der Waals surface area contributed by atoms with Crippen molar-refractivity contribution in [3.05, 3.63) is 0 Å². The topological polar surface area (TPSA) is 49.8 Å². The van der Waals surface area contributed by atoms with Crippen LogP contribution in [0, 0.1) is 18.3 Å². The average molecular weight is 213 g/mol. The molecule has 0 rings (SSSR count). The minimum atomic E-state index is -0.867. The Balaban J connectivity index is 3.67. The molecule has 0 atom stereocenters. The van der Waals surface area contributed by atoms with Crippen LogP contribution in [0.15, 0.2) is 0 Å². The zero-order chi connectivity index (χ0) is 11.7. The first-order valence-electron chi connectivity index (χ1n) is 5.01. The number of carbonyl (C=O) groups is 1. The SMILES string of the molecule is C#CCN(CCOCC(C)C)CC(=O)O. The minimum absolute atomic E-state index is 0.0325. The highest BCUT2D eigenvalue weighted by molar-refractivity contribution is 5.69. The maximum atomic E-state index is 10.5. The van der Waals surface area contributed by atoms with Crippen LogP contribution in [-0.4, -0.2) is 48.8 Å². The van der Waals surface area contributed by atoms with E-state index in [1.165, 1.54) is 0 Å². The number of nitrogens with zero attached hydrogens (tertiary/aromatic N) is 1. The molecule has 0 aromatic rings. The highest BCUT2D eigenvalue weighted by atomic mass is 16.5. The van der Waals surface area contributed by atoms with Gasteiger partial charge in [0.1, 0.15) is 0 Å². The van der Waals surface area contributed by atoms with Crippen LogP contribution in [0.3, 0.4) is 0 Å². The van der Waals surface area contributed by atoms with Crippen LogP contribution in [0.4, 0.5) is 0 Å². The summed E-state index contributed by atoms with van der Waals surface area (Å²) in [6.07, 6.45) is 5.13. The van der Waals surface area contributed by atoms with E-state index in [1.807, 2.05) is 0 Å². The van der Waals surface area contributed by atoms with Gasteiger partial charge in [0.25, 0.3) is 0 Å². The number of hydrogen-bond acceptors (Lipinski definition) is 3. The second kappa shape index (κ2) is 8.27. The Morgan fingerprint density at radius 3 is 2.73 bits per heavy atom. The summed E-state index contributed by atoms with van der Waals surface area (Å²) in [4.78, 5) is 12.1. The molecule has 0 aliphatic rings. The van der Waals surface area contributed by atoms with Crippen LogP contribution in [0.25, 0.3) is 0 Å². The smallest absolute Gasteiger partial charge is 0.317 e. The summed E-state index contributed by atoms with van der Waals surface area (Å²) >= 11 is 0. The zero-order valence-corrected chi connectivity index (χ0v) is 9.40. The van der Waals surface area contributed by atoms with E-state index in [9.17, 15) is 4.79 Å². The molecule has 0 aliphatic heterocycles. The number of ether oxygens (including phenoxy) is 1. The standard InChI is InChI=1S/C11H19NO3/c1-4-5-12(8-11(13)14)6-7-15-9-10(2)3/h1,10H,5-9H2,2-3H3,(H,13,14). The van der Waals surface area contributed by atoms with Gasteiger partial charge in [-0.3, -0.25) is 9.69 Å². The molecule has 4 nitrogen and oxygen atoms in total. The Kier molecular flexibility index (Phi) is 7.69. The summed E-state index contributed by atoms with van der Waals surface area (Å²) in [7, 11) is 0. The van der Waals surface area contributed by atoms with Crippen LogP contribution in [0.1, 0.15) is 13.8 Å². The second-order valence-electron chi connectivity index (χ2n) is 3.78. The van der Waals surface area contributed by atoms with Gasteiger partial charge in [-0.1, -0.05) is 19.8 Å². The third kappa shape index (κ3) is 9.26. The van der Waals surface area contributed by atoms with Crippen LogP contribution < -0.4 is 0 Å². The van der Waals surface area contributed by atoms with Gasteiger partial charge in [-0.15, -0.1) is 6.42 Å². The van der Waals surface area contributed by atoms with Crippen molar-refractivity contribution in [2.75, 3.05) is 32.8 Å². The van der Waals surface area contributed by atoms with Gasteiger partial charge in [0.05, 0.1) is 19.7 Å². The van der Waals surface area contributed by atoms with Gasteiger partial charge in [-0.2, -0.15) is 0 Å². The van der Waals surface area contributed by atoms with Crippen molar-refractivity contribution in [2.24, 2.45) is 5.92 Å². The van der Waals surface area contributed by atoms with Gasteiger partial charge < -0.3 is 9.84 Å². The highest BCUT2D eigenvalue weighted by Gasteiger charge is 2.07. The van der Waals surface area contributed by atoms with Crippen molar-refractivity contribution >= 4 is 5.97 Å². The van der Waals surface area contributed by atoms with Crippen molar-refractivity contribution in [3.8, 4) is 12.3 Å². The molecule has 0 heterocycles. The molecule has 0 bridgehead atoms. The first-order chi connectivity index (χ1) is 7.06. The molecule has 4 heteroatoms. The third-order valence-electron chi connectivity index (χ3n) is 1.68. The fourth-order valence-electron chi connectivity index (χ4n) is 1.05. The fraction of sp³-hybridized carbons (Fsp3) is 0.727. The van der Waals surface area contributed by atoms with Crippen LogP contribution in [0.5, 0.6) is 0 Å². The molecular weight excluding hydrogens is 194 g/mol. The molecule has 0 aromatic heterocycles. The van der Waals surface area contributed by atoms with E-state index >= 15 is 0 Å². The van der Waals surface area contributed by atoms with Gasteiger partial charge in [-0.05, 0) is 5.92 Å². The predicted octanol–water partition coefficient (Wildman–Crippen LogP) is 0.679.